The first-order valence-corrected chi connectivity index (χ1v) is 5.89. The summed E-state index contributed by atoms with van der Waals surface area (Å²) < 4.78 is 27.5. The summed E-state index contributed by atoms with van der Waals surface area (Å²) in [5.74, 6) is 0.605. The summed E-state index contributed by atoms with van der Waals surface area (Å²) in [7, 11) is 0. The van der Waals surface area contributed by atoms with Gasteiger partial charge in [-0.25, -0.2) is 9.67 Å². The zero-order valence-corrected chi connectivity index (χ0v) is 9.81. The van der Waals surface area contributed by atoms with Crippen molar-refractivity contribution < 1.29 is 8.78 Å². The van der Waals surface area contributed by atoms with Crippen LogP contribution in [0.5, 0.6) is 0 Å². The quantitative estimate of drug-likeness (QED) is 0.764. The molecule has 0 radical (unpaired) electrons. The predicted octanol–water partition coefficient (Wildman–Crippen LogP) is 1.58. The Morgan fingerprint density at radius 3 is 3.00 bits per heavy atom. The van der Waals surface area contributed by atoms with E-state index in [9.17, 15) is 8.78 Å². The molecule has 0 aliphatic rings. The number of imidazole rings is 1. The van der Waals surface area contributed by atoms with Crippen molar-refractivity contribution in [3.8, 4) is 0 Å². The molecule has 9 heteroatoms. The summed E-state index contributed by atoms with van der Waals surface area (Å²) in [6.45, 7) is -0.0330. The van der Waals surface area contributed by atoms with Crippen molar-refractivity contribution in [2.45, 2.75) is 30.9 Å². The van der Waals surface area contributed by atoms with Gasteiger partial charge in [0.15, 0.2) is 0 Å². The molecule has 2 rings (SSSR count). The number of alkyl halides is 2. The Morgan fingerprint density at radius 1 is 1.47 bits per heavy atom. The average molecular weight is 260 g/mol. The molecule has 0 aliphatic heterocycles. The number of aromatic nitrogens is 6. The number of hydrogen-bond donors (Lipinski definition) is 0. The first-order valence-electron chi connectivity index (χ1n) is 4.91. The number of halogens is 2. The normalized spacial score (nSPS) is 11.3. The third-order valence-corrected chi connectivity index (χ3v) is 3.04. The molecule has 0 atom stereocenters. The van der Waals surface area contributed by atoms with Crippen LogP contribution in [-0.2, 0) is 12.3 Å². The zero-order chi connectivity index (χ0) is 12.3. The fourth-order valence-electron chi connectivity index (χ4n) is 1.26. The minimum atomic E-state index is -2.57. The van der Waals surface area contributed by atoms with E-state index < -0.39 is 6.55 Å². The second-order valence-corrected chi connectivity index (χ2v) is 4.04. The Balaban J connectivity index is 2.05. The zero-order valence-electron chi connectivity index (χ0n) is 8.99. The van der Waals surface area contributed by atoms with E-state index in [2.05, 4.69) is 20.5 Å². The summed E-state index contributed by atoms with van der Waals surface area (Å²) in [4.78, 5) is 3.88. The highest BCUT2D eigenvalue weighted by Crippen LogP contribution is 2.21. The van der Waals surface area contributed by atoms with Crippen LogP contribution in [0.3, 0.4) is 0 Å². The molecule has 0 N–H and O–H groups in total. The molecule has 0 bridgehead atoms. The SMILES string of the molecule is CCn1nnnc1SCc1nccn1C(F)F. The molecule has 0 saturated heterocycles. The number of tetrazole rings is 1. The average Bonchev–Trinajstić information content (AvgIpc) is 2.94. The lowest BCUT2D eigenvalue weighted by Gasteiger charge is -2.05. The van der Waals surface area contributed by atoms with E-state index in [0.29, 0.717) is 23.3 Å². The van der Waals surface area contributed by atoms with Crippen LogP contribution in [0.2, 0.25) is 0 Å². The van der Waals surface area contributed by atoms with Gasteiger partial charge in [0.05, 0.1) is 5.75 Å². The van der Waals surface area contributed by atoms with Crippen LogP contribution in [-0.4, -0.2) is 29.8 Å². The van der Waals surface area contributed by atoms with Gasteiger partial charge in [0.25, 0.3) is 0 Å². The number of hydrogen-bond acceptors (Lipinski definition) is 5. The van der Waals surface area contributed by atoms with Crippen molar-refractivity contribution in [1.82, 2.24) is 29.8 Å². The number of aryl methyl sites for hydroxylation is 1. The standard InChI is InChI=1S/C8H10F2N6S/c1-2-16-8(12-13-14-16)17-5-6-11-3-4-15(6)7(9)10/h3-4,7H,2,5H2,1H3. The third-order valence-electron chi connectivity index (χ3n) is 2.09. The van der Waals surface area contributed by atoms with Gasteiger partial charge >= 0.3 is 6.55 Å². The highest BCUT2D eigenvalue weighted by molar-refractivity contribution is 7.98. The summed E-state index contributed by atoms with van der Waals surface area (Å²) in [5, 5.41) is 11.7. The summed E-state index contributed by atoms with van der Waals surface area (Å²) in [6, 6.07) is 0. The van der Waals surface area contributed by atoms with Gasteiger partial charge in [0.1, 0.15) is 5.82 Å². The van der Waals surface area contributed by atoms with Crippen LogP contribution in [0.4, 0.5) is 8.78 Å². The topological polar surface area (TPSA) is 61.4 Å². The van der Waals surface area contributed by atoms with Crippen LogP contribution in [0.25, 0.3) is 0 Å². The predicted molar refractivity (Wildman–Crippen MR) is 56.5 cm³/mol. The van der Waals surface area contributed by atoms with Crippen molar-refractivity contribution in [3.05, 3.63) is 18.2 Å². The van der Waals surface area contributed by atoms with Crippen LogP contribution in [0.1, 0.15) is 19.3 Å². The van der Waals surface area contributed by atoms with E-state index in [0.717, 1.165) is 4.57 Å². The third kappa shape index (κ3) is 2.60. The molecule has 0 spiro atoms. The van der Waals surface area contributed by atoms with Crippen molar-refractivity contribution in [2.75, 3.05) is 0 Å². The van der Waals surface area contributed by atoms with Crippen molar-refractivity contribution in [1.29, 1.82) is 0 Å². The monoisotopic (exact) mass is 260 g/mol. The highest BCUT2D eigenvalue weighted by atomic mass is 32.2. The van der Waals surface area contributed by atoms with Crippen LogP contribution in [0.15, 0.2) is 17.6 Å². The summed E-state index contributed by atoms with van der Waals surface area (Å²) >= 11 is 1.28. The molecule has 0 aliphatic carbocycles. The molecule has 0 unspecified atom stereocenters. The van der Waals surface area contributed by atoms with Gasteiger partial charge in [-0.2, -0.15) is 8.78 Å². The van der Waals surface area contributed by atoms with Gasteiger partial charge in [-0.15, -0.1) is 5.10 Å². The van der Waals surface area contributed by atoms with E-state index >= 15 is 0 Å². The molecule has 0 fully saturated rings. The first kappa shape index (κ1) is 12.0. The minimum Gasteiger partial charge on any atom is -0.277 e. The van der Waals surface area contributed by atoms with Crippen LogP contribution < -0.4 is 0 Å². The summed E-state index contributed by atoms with van der Waals surface area (Å²) in [6.07, 6.45) is 2.61. The van der Waals surface area contributed by atoms with E-state index in [-0.39, 0.29) is 0 Å². The highest BCUT2D eigenvalue weighted by Gasteiger charge is 2.13. The van der Waals surface area contributed by atoms with E-state index in [1.54, 1.807) is 4.68 Å². The Hall–Kier alpha value is -1.51. The van der Waals surface area contributed by atoms with Gasteiger partial charge < -0.3 is 0 Å². The molecule has 0 saturated carbocycles. The lowest BCUT2D eigenvalue weighted by Crippen LogP contribution is -2.03. The molecule has 0 amide bonds. The maximum absolute atomic E-state index is 12.5. The molecule has 2 heterocycles. The van der Waals surface area contributed by atoms with E-state index in [1.807, 2.05) is 6.92 Å². The molecule has 6 nitrogen and oxygen atoms in total. The molecule has 2 aromatic heterocycles. The molecule has 17 heavy (non-hydrogen) atoms. The summed E-state index contributed by atoms with van der Waals surface area (Å²) in [5.41, 5.74) is 0. The molecule has 0 aromatic carbocycles. The van der Waals surface area contributed by atoms with Crippen molar-refractivity contribution in [3.63, 3.8) is 0 Å². The Morgan fingerprint density at radius 2 is 2.29 bits per heavy atom. The van der Waals surface area contributed by atoms with Crippen molar-refractivity contribution in [2.24, 2.45) is 0 Å². The van der Waals surface area contributed by atoms with Gasteiger partial charge in [-0.3, -0.25) is 4.57 Å². The maximum Gasteiger partial charge on any atom is 0.319 e. The van der Waals surface area contributed by atoms with Gasteiger partial charge in [-0.1, -0.05) is 11.8 Å². The van der Waals surface area contributed by atoms with Gasteiger partial charge in [0.2, 0.25) is 5.16 Å². The fourth-order valence-corrected chi connectivity index (χ4v) is 2.15. The Bertz CT molecular complexity index is 482. The number of rotatable bonds is 5. The Kier molecular flexibility index (Phi) is 3.67. The number of nitrogens with zero attached hydrogens (tertiary/aromatic N) is 6. The lowest BCUT2D eigenvalue weighted by molar-refractivity contribution is 0.0678. The molecule has 2 aromatic rings. The van der Waals surface area contributed by atoms with Crippen LogP contribution >= 0.6 is 11.8 Å². The molecular weight excluding hydrogens is 250 g/mol. The lowest BCUT2D eigenvalue weighted by atomic mass is 10.7. The van der Waals surface area contributed by atoms with Gasteiger partial charge in [0, 0.05) is 18.9 Å². The van der Waals surface area contributed by atoms with E-state index in [4.69, 9.17) is 0 Å². The van der Waals surface area contributed by atoms with Crippen LogP contribution in [0, 0.1) is 0 Å². The number of thioether (sulfide) groups is 1. The second-order valence-electron chi connectivity index (χ2n) is 3.09. The molecule has 92 valence electrons. The van der Waals surface area contributed by atoms with Gasteiger partial charge in [-0.05, 0) is 17.4 Å². The van der Waals surface area contributed by atoms with Crippen molar-refractivity contribution >= 4 is 11.8 Å². The smallest absolute Gasteiger partial charge is 0.277 e. The second kappa shape index (κ2) is 5.21. The Labute approximate surface area is 100 Å². The van der Waals surface area contributed by atoms with E-state index in [1.165, 1.54) is 24.2 Å². The maximum atomic E-state index is 12.5. The largest absolute Gasteiger partial charge is 0.319 e. The fraction of sp³-hybridized carbons (Fsp3) is 0.500. The minimum absolute atomic E-state index is 0.302. The molecular formula is C8H10F2N6S. The first-order chi connectivity index (χ1) is 8.22.